The van der Waals surface area contributed by atoms with Gasteiger partial charge in [0.25, 0.3) is 0 Å². The number of allylic oxidation sites excluding steroid dienone is 1. The van der Waals surface area contributed by atoms with Crippen LogP contribution in [0.5, 0.6) is 0 Å². The standard InChI is InChI=1S/C23H28O3/c1-5-6-7-9-23-10-8-16(26-23)18-20(23)22(25)19(21(18)24)17-14(3)11-13(2)12-15(17)4/h8,10-12,16,18,20,25H,5-7,9H2,1-4H3/t16-,18-,20+,23+/m0/s1. The number of rotatable bonds is 5. The molecule has 3 aliphatic rings. The number of Topliss-reactive ketones (excluding diaryl/α,β-unsaturated/α-hetero) is 1. The monoisotopic (exact) mass is 352 g/mol. The molecule has 0 saturated carbocycles. The van der Waals surface area contributed by atoms with Crippen LogP contribution < -0.4 is 0 Å². The number of ether oxygens (including phenoxy) is 1. The van der Waals surface area contributed by atoms with Gasteiger partial charge in [0.05, 0.1) is 29.1 Å². The van der Waals surface area contributed by atoms with E-state index in [4.69, 9.17) is 4.74 Å². The van der Waals surface area contributed by atoms with Crippen LogP contribution in [-0.2, 0) is 9.53 Å². The Morgan fingerprint density at radius 2 is 1.85 bits per heavy atom. The van der Waals surface area contributed by atoms with Gasteiger partial charge in [-0.2, -0.15) is 0 Å². The maximum atomic E-state index is 13.3. The van der Waals surface area contributed by atoms with E-state index in [1.807, 2.05) is 19.9 Å². The number of hydrogen-bond acceptors (Lipinski definition) is 3. The van der Waals surface area contributed by atoms with Crippen molar-refractivity contribution < 1.29 is 14.6 Å². The van der Waals surface area contributed by atoms with Gasteiger partial charge in [0.15, 0.2) is 5.78 Å². The van der Waals surface area contributed by atoms with Crippen LogP contribution in [0.15, 0.2) is 30.0 Å². The maximum absolute atomic E-state index is 13.3. The predicted octanol–water partition coefficient (Wildman–Crippen LogP) is 4.98. The number of aryl methyl sites for hydroxylation is 3. The van der Waals surface area contributed by atoms with Crippen molar-refractivity contribution in [3.05, 3.63) is 52.3 Å². The molecule has 2 heterocycles. The summed E-state index contributed by atoms with van der Waals surface area (Å²) in [6, 6.07) is 4.18. The summed E-state index contributed by atoms with van der Waals surface area (Å²) < 4.78 is 6.25. The third-order valence-corrected chi connectivity index (χ3v) is 6.36. The maximum Gasteiger partial charge on any atom is 0.173 e. The third kappa shape index (κ3) is 2.33. The third-order valence-electron chi connectivity index (χ3n) is 6.36. The van der Waals surface area contributed by atoms with Crippen molar-refractivity contribution in [2.24, 2.45) is 11.8 Å². The van der Waals surface area contributed by atoms with Gasteiger partial charge in [0, 0.05) is 0 Å². The fraction of sp³-hybridized carbons (Fsp3) is 0.522. The molecule has 1 aromatic rings. The van der Waals surface area contributed by atoms with E-state index in [0.29, 0.717) is 5.57 Å². The molecule has 1 aliphatic carbocycles. The van der Waals surface area contributed by atoms with Crippen LogP contribution in [0.2, 0.25) is 0 Å². The number of aliphatic hydroxyl groups excluding tert-OH is 1. The number of unbranched alkanes of at least 4 members (excludes halogenated alkanes) is 2. The van der Waals surface area contributed by atoms with Gasteiger partial charge in [-0.1, -0.05) is 56.0 Å². The van der Waals surface area contributed by atoms with Gasteiger partial charge in [-0.25, -0.2) is 0 Å². The molecule has 0 spiro atoms. The lowest BCUT2D eigenvalue weighted by atomic mass is 9.74. The van der Waals surface area contributed by atoms with E-state index in [-0.39, 0.29) is 29.5 Å². The molecule has 2 bridgehead atoms. The first-order chi connectivity index (χ1) is 12.4. The Morgan fingerprint density at radius 1 is 1.15 bits per heavy atom. The first kappa shape index (κ1) is 17.5. The lowest BCUT2D eigenvalue weighted by molar-refractivity contribution is -0.118. The van der Waals surface area contributed by atoms with Crippen molar-refractivity contribution >= 4 is 11.4 Å². The fourth-order valence-electron chi connectivity index (χ4n) is 5.38. The van der Waals surface area contributed by atoms with Gasteiger partial charge in [0.2, 0.25) is 0 Å². The van der Waals surface area contributed by atoms with Crippen LogP contribution in [0.1, 0.15) is 54.9 Å². The summed E-state index contributed by atoms with van der Waals surface area (Å²) in [6.07, 6.45) is 8.15. The summed E-state index contributed by atoms with van der Waals surface area (Å²) in [5, 5.41) is 11.2. The second kappa shape index (κ2) is 6.09. The van der Waals surface area contributed by atoms with Crippen LogP contribution in [-0.4, -0.2) is 22.6 Å². The molecular weight excluding hydrogens is 324 g/mol. The van der Waals surface area contributed by atoms with E-state index in [0.717, 1.165) is 42.4 Å². The quantitative estimate of drug-likeness (QED) is 0.600. The summed E-state index contributed by atoms with van der Waals surface area (Å²) >= 11 is 0. The van der Waals surface area contributed by atoms with Crippen LogP contribution in [0.3, 0.4) is 0 Å². The Hall–Kier alpha value is -1.87. The second-order valence-corrected chi connectivity index (χ2v) is 8.26. The largest absolute Gasteiger partial charge is 0.511 e. The second-order valence-electron chi connectivity index (χ2n) is 8.26. The molecule has 1 aromatic carbocycles. The van der Waals surface area contributed by atoms with Crippen molar-refractivity contribution in [1.29, 1.82) is 0 Å². The summed E-state index contributed by atoms with van der Waals surface area (Å²) in [5.74, 6) is -0.193. The SMILES string of the molecule is CCCCC[C@]12C=C[C@H](O1)[C@@H]1C(=O)C(c3c(C)cc(C)cc3C)=C(O)[C@@H]12. The summed E-state index contributed by atoms with van der Waals surface area (Å²) in [4.78, 5) is 13.3. The summed E-state index contributed by atoms with van der Waals surface area (Å²) in [5.41, 5.74) is 4.23. The smallest absolute Gasteiger partial charge is 0.173 e. The highest BCUT2D eigenvalue weighted by molar-refractivity contribution is 6.26. The van der Waals surface area contributed by atoms with Gasteiger partial charge in [-0.3, -0.25) is 4.79 Å². The highest BCUT2D eigenvalue weighted by atomic mass is 16.5. The number of carbonyl (C=O) groups is 1. The zero-order valence-corrected chi connectivity index (χ0v) is 16.1. The molecule has 1 N–H and O–H groups in total. The molecule has 0 radical (unpaired) electrons. The van der Waals surface area contributed by atoms with Crippen LogP contribution in [0, 0.1) is 32.6 Å². The molecule has 2 aliphatic heterocycles. The molecule has 3 nitrogen and oxygen atoms in total. The molecule has 0 aromatic heterocycles. The Bertz CT molecular complexity index is 809. The zero-order chi connectivity index (χ0) is 18.6. The minimum atomic E-state index is -0.501. The van der Waals surface area contributed by atoms with E-state index in [2.05, 4.69) is 32.1 Å². The van der Waals surface area contributed by atoms with Gasteiger partial charge in [-0.15, -0.1) is 0 Å². The molecule has 4 atom stereocenters. The molecule has 0 unspecified atom stereocenters. The van der Waals surface area contributed by atoms with Gasteiger partial charge < -0.3 is 9.84 Å². The number of hydrogen-bond donors (Lipinski definition) is 1. The molecule has 26 heavy (non-hydrogen) atoms. The number of ketones is 1. The van der Waals surface area contributed by atoms with Gasteiger partial charge >= 0.3 is 0 Å². The Balaban J connectivity index is 1.78. The zero-order valence-electron chi connectivity index (χ0n) is 16.1. The number of carbonyl (C=O) groups excluding carboxylic acids is 1. The first-order valence-electron chi connectivity index (χ1n) is 9.82. The van der Waals surface area contributed by atoms with Crippen molar-refractivity contribution in [2.75, 3.05) is 0 Å². The molecular formula is C23H28O3. The lowest BCUT2D eigenvalue weighted by Gasteiger charge is -2.30. The summed E-state index contributed by atoms with van der Waals surface area (Å²) in [7, 11) is 0. The average molecular weight is 352 g/mol. The predicted molar refractivity (Wildman–Crippen MR) is 103 cm³/mol. The minimum Gasteiger partial charge on any atom is -0.511 e. The normalized spacial score (nSPS) is 32.0. The van der Waals surface area contributed by atoms with E-state index in [1.54, 1.807) is 0 Å². The van der Waals surface area contributed by atoms with Crippen LogP contribution in [0.25, 0.3) is 5.57 Å². The van der Waals surface area contributed by atoms with Crippen molar-refractivity contribution in [2.45, 2.75) is 65.1 Å². The van der Waals surface area contributed by atoms with Crippen LogP contribution >= 0.6 is 0 Å². The molecule has 0 amide bonds. The Labute approximate surface area is 155 Å². The van der Waals surface area contributed by atoms with E-state index >= 15 is 0 Å². The van der Waals surface area contributed by atoms with E-state index < -0.39 is 5.60 Å². The molecule has 1 fully saturated rings. The molecule has 1 saturated heterocycles. The fourth-order valence-corrected chi connectivity index (χ4v) is 5.38. The molecule has 138 valence electrons. The highest BCUT2D eigenvalue weighted by Gasteiger charge is 2.64. The highest BCUT2D eigenvalue weighted by Crippen LogP contribution is 2.58. The number of fused-ring (bicyclic) bond motifs is 5. The Morgan fingerprint density at radius 3 is 2.50 bits per heavy atom. The average Bonchev–Trinajstić information content (AvgIpc) is 3.20. The van der Waals surface area contributed by atoms with Crippen LogP contribution in [0.4, 0.5) is 0 Å². The van der Waals surface area contributed by atoms with Gasteiger partial charge in [-0.05, 0) is 43.9 Å². The van der Waals surface area contributed by atoms with E-state index in [1.165, 1.54) is 5.56 Å². The van der Waals surface area contributed by atoms with E-state index in [9.17, 15) is 9.90 Å². The summed E-state index contributed by atoms with van der Waals surface area (Å²) in [6.45, 7) is 8.29. The van der Waals surface area contributed by atoms with Crippen molar-refractivity contribution in [1.82, 2.24) is 0 Å². The topological polar surface area (TPSA) is 46.5 Å². The number of benzene rings is 1. The van der Waals surface area contributed by atoms with Gasteiger partial charge in [0.1, 0.15) is 5.76 Å². The van der Waals surface area contributed by atoms with Crippen molar-refractivity contribution in [3.8, 4) is 0 Å². The lowest BCUT2D eigenvalue weighted by Crippen LogP contribution is -2.36. The molecule has 4 rings (SSSR count). The molecule has 3 heteroatoms. The minimum absolute atomic E-state index is 0.0502. The van der Waals surface area contributed by atoms with Crippen molar-refractivity contribution in [3.63, 3.8) is 0 Å². The Kier molecular flexibility index (Phi) is 4.11. The number of aliphatic hydroxyl groups is 1. The first-order valence-corrected chi connectivity index (χ1v) is 9.82.